The maximum Gasteiger partial charge on any atom is 0.297 e. The summed E-state index contributed by atoms with van der Waals surface area (Å²) in [7, 11) is -6.64. The van der Waals surface area contributed by atoms with Gasteiger partial charge in [0.25, 0.3) is 20.2 Å². The van der Waals surface area contributed by atoms with E-state index in [2.05, 4.69) is 0 Å². The van der Waals surface area contributed by atoms with Crippen molar-refractivity contribution in [2.45, 2.75) is 29.7 Å². The molecule has 0 unspecified atom stereocenters. The number of hydrogen-bond donors (Lipinski definition) is 0. The van der Waals surface area contributed by atoms with E-state index in [1.54, 1.807) is 24.3 Å². The molecule has 0 aliphatic carbocycles. The first-order chi connectivity index (χ1) is 12.6. The molecule has 2 rings (SSSR count). The summed E-state index contributed by atoms with van der Waals surface area (Å²) >= 11 is 0. The van der Waals surface area contributed by atoms with Crippen molar-refractivity contribution in [3.8, 4) is 0 Å². The van der Waals surface area contributed by atoms with E-state index >= 15 is 0 Å². The van der Waals surface area contributed by atoms with Gasteiger partial charge in [0, 0.05) is 7.11 Å². The lowest BCUT2D eigenvalue weighted by molar-refractivity contribution is 0.0272. The SMILES string of the molecule is COC(COS(=O)(=O)c1ccc(C)cc1)COS(=O)(=O)c1ccc(C)cc1. The molecule has 2 aromatic carbocycles. The summed E-state index contributed by atoms with van der Waals surface area (Å²) in [4.78, 5) is 0.0206. The van der Waals surface area contributed by atoms with Gasteiger partial charge in [-0.2, -0.15) is 16.8 Å². The number of aryl methyl sites for hydroxylation is 2. The highest BCUT2D eigenvalue weighted by atomic mass is 32.2. The van der Waals surface area contributed by atoms with Crippen molar-refractivity contribution in [1.82, 2.24) is 0 Å². The number of hydrogen-bond acceptors (Lipinski definition) is 7. The minimum Gasteiger partial charge on any atom is -0.377 e. The Hall–Kier alpha value is -1.78. The Morgan fingerprint density at radius 3 is 1.33 bits per heavy atom. The zero-order valence-electron chi connectivity index (χ0n) is 15.3. The molecule has 0 saturated heterocycles. The Balaban J connectivity index is 1.97. The molecule has 0 fully saturated rings. The molecule has 0 saturated carbocycles. The van der Waals surface area contributed by atoms with Crippen molar-refractivity contribution in [1.29, 1.82) is 0 Å². The average Bonchev–Trinajstić information content (AvgIpc) is 2.62. The van der Waals surface area contributed by atoms with Gasteiger partial charge in [-0.3, -0.25) is 8.37 Å². The van der Waals surface area contributed by atoms with Gasteiger partial charge < -0.3 is 4.74 Å². The van der Waals surface area contributed by atoms with Crippen LogP contribution in [0.3, 0.4) is 0 Å². The molecule has 148 valence electrons. The highest BCUT2D eigenvalue weighted by Crippen LogP contribution is 2.16. The minimum absolute atomic E-state index is 0.0103. The number of ether oxygens (including phenoxy) is 1. The van der Waals surface area contributed by atoms with E-state index in [0.717, 1.165) is 11.1 Å². The summed E-state index contributed by atoms with van der Waals surface area (Å²) in [5, 5.41) is 0. The normalized spacial score (nSPS) is 12.4. The van der Waals surface area contributed by atoms with Crippen molar-refractivity contribution in [3.63, 3.8) is 0 Å². The minimum atomic E-state index is -3.98. The molecule has 0 amide bonds. The highest BCUT2D eigenvalue weighted by molar-refractivity contribution is 7.87. The fourth-order valence-electron chi connectivity index (χ4n) is 2.06. The summed E-state index contributed by atoms with van der Waals surface area (Å²) in [5.41, 5.74) is 1.83. The Morgan fingerprint density at radius 2 is 1.04 bits per heavy atom. The maximum absolute atomic E-state index is 12.2. The molecule has 0 radical (unpaired) electrons. The lowest BCUT2D eigenvalue weighted by Gasteiger charge is -2.15. The molecule has 0 aliphatic heterocycles. The summed E-state index contributed by atoms with van der Waals surface area (Å²) in [6, 6.07) is 12.4. The second kappa shape index (κ2) is 8.94. The van der Waals surface area contributed by atoms with Crippen molar-refractivity contribution < 1.29 is 29.9 Å². The standard InChI is InChI=1S/C18H22O7S2/c1-14-4-8-17(9-5-14)26(19,20)24-12-16(23-3)13-25-27(21,22)18-10-6-15(2)7-11-18/h4-11,16H,12-13H2,1-3H3. The van der Waals surface area contributed by atoms with Crippen LogP contribution in [-0.2, 0) is 33.3 Å². The zero-order valence-corrected chi connectivity index (χ0v) is 16.9. The van der Waals surface area contributed by atoms with Crippen LogP contribution in [0.5, 0.6) is 0 Å². The molecule has 0 bridgehead atoms. The summed E-state index contributed by atoms with van der Waals surface area (Å²) in [6.07, 6.45) is -0.884. The lowest BCUT2D eigenvalue weighted by atomic mass is 10.2. The van der Waals surface area contributed by atoms with Gasteiger partial charge in [-0.05, 0) is 38.1 Å². The van der Waals surface area contributed by atoms with E-state index in [1.165, 1.54) is 31.4 Å². The van der Waals surface area contributed by atoms with Gasteiger partial charge in [0.2, 0.25) is 0 Å². The summed E-state index contributed by atoms with van der Waals surface area (Å²) in [6.45, 7) is 2.92. The molecule has 0 aliphatic rings. The molecule has 2 aromatic rings. The summed E-state index contributed by atoms with van der Waals surface area (Å²) in [5.74, 6) is 0. The Morgan fingerprint density at radius 1 is 0.704 bits per heavy atom. The predicted molar refractivity (Wildman–Crippen MR) is 99.4 cm³/mol. The topological polar surface area (TPSA) is 96.0 Å². The van der Waals surface area contributed by atoms with Crippen molar-refractivity contribution in [2.24, 2.45) is 0 Å². The monoisotopic (exact) mass is 414 g/mol. The van der Waals surface area contributed by atoms with Gasteiger partial charge in [0.15, 0.2) is 0 Å². The number of benzene rings is 2. The second-order valence-corrected chi connectivity index (χ2v) is 9.19. The van der Waals surface area contributed by atoms with Crippen LogP contribution >= 0.6 is 0 Å². The first-order valence-electron chi connectivity index (χ1n) is 8.09. The molecule has 0 aromatic heterocycles. The van der Waals surface area contributed by atoms with Crippen LogP contribution in [0.25, 0.3) is 0 Å². The Labute approximate surface area is 160 Å². The molecule has 0 atom stereocenters. The van der Waals surface area contributed by atoms with Crippen LogP contribution in [0.4, 0.5) is 0 Å². The van der Waals surface area contributed by atoms with Gasteiger partial charge in [-0.25, -0.2) is 0 Å². The largest absolute Gasteiger partial charge is 0.377 e. The lowest BCUT2D eigenvalue weighted by Crippen LogP contribution is -2.27. The first-order valence-corrected chi connectivity index (χ1v) is 10.9. The van der Waals surface area contributed by atoms with Gasteiger partial charge in [0.1, 0.15) is 6.10 Å². The fraction of sp³-hybridized carbons (Fsp3) is 0.333. The zero-order chi connectivity index (χ0) is 20.1. The van der Waals surface area contributed by atoms with E-state index in [9.17, 15) is 16.8 Å². The number of rotatable bonds is 9. The van der Waals surface area contributed by atoms with Gasteiger partial charge in [-0.15, -0.1) is 0 Å². The van der Waals surface area contributed by atoms with E-state index in [1.807, 2.05) is 13.8 Å². The van der Waals surface area contributed by atoms with Crippen molar-refractivity contribution >= 4 is 20.2 Å². The molecule has 0 N–H and O–H groups in total. The van der Waals surface area contributed by atoms with Crippen molar-refractivity contribution in [3.05, 3.63) is 59.7 Å². The van der Waals surface area contributed by atoms with Crippen LogP contribution in [0.15, 0.2) is 58.3 Å². The van der Waals surface area contributed by atoms with E-state index in [-0.39, 0.29) is 23.0 Å². The van der Waals surface area contributed by atoms with Crippen LogP contribution in [0, 0.1) is 13.8 Å². The van der Waals surface area contributed by atoms with E-state index in [0.29, 0.717) is 0 Å². The van der Waals surface area contributed by atoms with E-state index < -0.39 is 26.3 Å². The molecule has 9 heteroatoms. The van der Waals surface area contributed by atoms with Crippen LogP contribution in [0.1, 0.15) is 11.1 Å². The van der Waals surface area contributed by atoms with Crippen LogP contribution in [-0.4, -0.2) is 43.3 Å². The molecular formula is C18H22O7S2. The quantitative estimate of drug-likeness (QED) is 0.582. The third-order valence-electron chi connectivity index (χ3n) is 3.77. The van der Waals surface area contributed by atoms with Gasteiger partial charge >= 0.3 is 0 Å². The molecule has 0 heterocycles. The molecular weight excluding hydrogens is 392 g/mol. The third-order valence-corrected chi connectivity index (χ3v) is 6.36. The van der Waals surface area contributed by atoms with Gasteiger partial charge in [-0.1, -0.05) is 35.4 Å². The molecule has 27 heavy (non-hydrogen) atoms. The number of methoxy groups -OCH3 is 1. The third kappa shape index (κ3) is 6.12. The predicted octanol–water partition coefficient (Wildman–Crippen LogP) is 2.43. The Bertz CT molecular complexity index is 868. The summed E-state index contributed by atoms with van der Waals surface area (Å²) < 4.78 is 63.7. The first kappa shape index (κ1) is 21.5. The molecule has 0 spiro atoms. The van der Waals surface area contributed by atoms with Gasteiger partial charge in [0.05, 0.1) is 23.0 Å². The maximum atomic E-state index is 12.2. The highest BCUT2D eigenvalue weighted by Gasteiger charge is 2.22. The smallest absolute Gasteiger partial charge is 0.297 e. The van der Waals surface area contributed by atoms with E-state index in [4.69, 9.17) is 13.1 Å². The second-order valence-electron chi connectivity index (χ2n) is 5.96. The van der Waals surface area contributed by atoms with Crippen LogP contribution in [0.2, 0.25) is 0 Å². The molecule has 7 nitrogen and oxygen atoms in total. The average molecular weight is 415 g/mol. The fourth-order valence-corrected chi connectivity index (χ4v) is 3.93. The van der Waals surface area contributed by atoms with Crippen molar-refractivity contribution in [2.75, 3.05) is 20.3 Å². The Kier molecular flexibility index (Phi) is 7.12. The van der Waals surface area contributed by atoms with Crippen LogP contribution < -0.4 is 0 Å².